The molecule has 1 amide bonds. The van der Waals surface area contributed by atoms with Gasteiger partial charge in [-0.15, -0.1) is 0 Å². The lowest BCUT2D eigenvalue weighted by Gasteiger charge is -2.30. The van der Waals surface area contributed by atoms with Gasteiger partial charge in [-0.2, -0.15) is 4.98 Å². The molecule has 1 aliphatic heterocycles. The Bertz CT molecular complexity index is 1090. The summed E-state index contributed by atoms with van der Waals surface area (Å²) < 4.78 is 10.1. The van der Waals surface area contributed by atoms with Crippen LogP contribution in [0.15, 0.2) is 53.1 Å². The van der Waals surface area contributed by atoms with Crippen molar-refractivity contribution in [3.8, 4) is 11.4 Å². The quantitative estimate of drug-likeness (QED) is 0.591. The van der Waals surface area contributed by atoms with Gasteiger partial charge in [0.25, 0.3) is 0 Å². The van der Waals surface area contributed by atoms with Crippen LogP contribution in [0.25, 0.3) is 11.4 Å². The van der Waals surface area contributed by atoms with Crippen molar-refractivity contribution >= 4 is 17.6 Å². The van der Waals surface area contributed by atoms with E-state index in [0.717, 1.165) is 37.1 Å². The highest BCUT2D eigenvalue weighted by molar-refractivity contribution is 5.94. The largest absolute Gasteiger partial charge is 0.465 e. The van der Waals surface area contributed by atoms with E-state index < -0.39 is 5.97 Å². The molecule has 166 valence electrons. The summed E-state index contributed by atoms with van der Waals surface area (Å²) >= 11 is 0. The molecule has 2 heterocycles. The molecule has 0 aliphatic carbocycles. The number of hydrogen-bond acceptors (Lipinski definition) is 7. The molecule has 3 aromatic rings. The maximum atomic E-state index is 12.6. The van der Waals surface area contributed by atoms with Gasteiger partial charge >= 0.3 is 5.97 Å². The summed E-state index contributed by atoms with van der Waals surface area (Å²) in [6, 6.07) is 14.7. The fraction of sp³-hybridized carbons (Fsp3) is 0.333. The second-order valence-corrected chi connectivity index (χ2v) is 7.99. The molecule has 0 atom stereocenters. The average Bonchev–Trinajstić information content (AvgIpc) is 3.28. The van der Waals surface area contributed by atoms with E-state index in [1.165, 1.54) is 7.11 Å². The molecule has 8 nitrogen and oxygen atoms in total. The summed E-state index contributed by atoms with van der Waals surface area (Å²) in [5.41, 5.74) is 3.20. The standard InChI is InChI=1S/C24H26N4O4/c1-16-4-3-5-19(14-16)22-26-21(32-27-22)15-28-12-10-17(11-13-28)23(29)25-20-8-6-18(7-9-20)24(30)31-2/h3-9,14,17H,10-13,15H2,1-2H3,(H,25,29). The number of aryl methyl sites for hydroxylation is 1. The Kier molecular flexibility index (Phi) is 6.61. The van der Waals surface area contributed by atoms with Crippen LogP contribution in [0.1, 0.15) is 34.7 Å². The normalized spacial score (nSPS) is 14.8. The number of amides is 1. The number of esters is 1. The van der Waals surface area contributed by atoms with E-state index in [9.17, 15) is 9.59 Å². The molecule has 1 fully saturated rings. The zero-order chi connectivity index (χ0) is 22.5. The smallest absolute Gasteiger partial charge is 0.337 e. The highest BCUT2D eigenvalue weighted by Crippen LogP contribution is 2.22. The Morgan fingerprint density at radius 3 is 2.59 bits per heavy atom. The van der Waals surface area contributed by atoms with E-state index in [2.05, 4.69) is 25.1 Å². The van der Waals surface area contributed by atoms with Crippen LogP contribution in [0.5, 0.6) is 0 Å². The number of anilines is 1. The predicted molar refractivity (Wildman–Crippen MR) is 119 cm³/mol. The van der Waals surface area contributed by atoms with Gasteiger partial charge in [-0.05, 0) is 63.2 Å². The minimum absolute atomic E-state index is 0.00464. The Morgan fingerprint density at radius 1 is 1.16 bits per heavy atom. The molecule has 1 saturated heterocycles. The van der Waals surface area contributed by atoms with Gasteiger partial charge in [-0.1, -0.05) is 28.9 Å². The Labute approximate surface area is 186 Å². The molecule has 4 rings (SSSR count). The van der Waals surface area contributed by atoms with Crippen LogP contribution in [-0.2, 0) is 16.1 Å². The SMILES string of the molecule is COC(=O)c1ccc(NC(=O)C2CCN(Cc3nc(-c4cccc(C)c4)no3)CC2)cc1. The molecule has 0 saturated carbocycles. The number of likely N-dealkylation sites (tertiary alicyclic amines) is 1. The Hall–Kier alpha value is -3.52. The van der Waals surface area contributed by atoms with Crippen molar-refractivity contribution < 1.29 is 18.8 Å². The van der Waals surface area contributed by atoms with E-state index in [1.807, 2.05) is 31.2 Å². The topological polar surface area (TPSA) is 97.6 Å². The first-order chi connectivity index (χ1) is 15.5. The lowest BCUT2D eigenvalue weighted by atomic mass is 9.96. The number of carbonyl (C=O) groups excluding carboxylic acids is 2. The van der Waals surface area contributed by atoms with Crippen LogP contribution in [0.4, 0.5) is 5.69 Å². The first-order valence-electron chi connectivity index (χ1n) is 10.6. The van der Waals surface area contributed by atoms with Crippen molar-refractivity contribution in [2.45, 2.75) is 26.3 Å². The predicted octanol–water partition coefficient (Wildman–Crippen LogP) is 3.68. The van der Waals surface area contributed by atoms with Gasteiger partial charge in [-0.3, -0.25) is 9.69 Å². The molecule has 8 heteroatoms. The van der Waals surface area contributed by atoms with Crippen molar-refractivity contribution in [1.82, 2.24) is 15.0 Å². The van der Waals surface area contributed by atoms with E-state index in [0.29, 0.717) is 29.5 Å². The van der Waals surface area contributed by atoms with E-state index in [1.54, 1.807) is 24.3 Å². The lowest BCUT2D eigenvalue weighted by molar-refractivity contribution is -0.121. The zero-order valence-electron chi connectivity index (χ0n) is 18.2. The van der Waals surface area contributed by atoms with E-state index in [-0.39, 0.29) is 11.8 Å². The second kappa shape index (κ2) is 9.74. The second-order valence-electron chi connectivity index (χ2n) is 7.99. The first-order valence-corrected chi connectivity index (χ1v) is 10.6. The number of aromatic nitrogens is 2. The van der Waals surface area contributed by atoms with Crippen LogP contribution in [-0.4, -0.2) is 47.1 Å². The van der Waals surface area contributed by atoms with Crippen molar-refractivity contribution in [2.75, 3.05) is 25.5 Å². The highest BCUT2D eigenvalue weighted by Gasteiger charge is 2.26. The van der Waals surface area contributed by atoms with Crippen LogP contribution < -0.4 is 5.32 Å². The van der Waals surface area contributed by atoms with Gasteiger partial charge in [0.15, 0.2) is 0 Å². The zero-order valence-corrected chi connectivity index (χ0v) is 18.2. The molecule has 0 radical (unpaired) electrons. The van der Waals surface area contributed by atoms with Gasteiger partial charge in [-0.25, -0.2) is 4.79 Å². The molecule has 0 unspecified atom stereocenters. The summed E-state index contributed by atoms with van der Waals surface area (Å²) in [5, 5.41) is 7.04. The van der Waals surface area contributed by atoms with Crippen molar-refractivity contribution in [3.05, 3.63) is 65.5 Å². The van der Waals surface area contributed by atoms with Gasteiger partial charge in [0.1, 0.15) is 0 Å². The fourth-order valence-corrected chi connectivity index (χ4v) is 3.82. The molecule has 32 heavy (non-hydrogen) atoms. The van der Waals surface area contributed by atoms with Crippen molar-refractivity contribution in [2.24, 2.45) is 5.92 Å². The molecular formula is C24H26N4O4. The third-order valence-electron chi connectivity index (χ3n) is 5.64. The van der Waals surface area contributed by atoms with Crippen LogP contribution in [0, 0.1) is 12.8 Å². The minimum Gasteiger partial charge on any atom is -0.465 e. The Balaban J connectivity index is 1.27. The maximum Gasteiger partial charge on any atom is 0.337 e. The van der Waals surface area contributed by atoms with Crippen molar-refractivity contribution in [1.29, 1.82) is 0 Å². The number of rotatable bonds is 6. The molecule has 0 spiro atoms. The van der Waals surface area contributed by atoms with Gasteiger partial charge < -0.3 is 14.6 Å². The average molecular weight is 434 g/mol. The first kappa shape index (κ1) is 21.7. The number of ether oxygens (including phenoxy) is 1. The monoisotopic (exact) mass is 434 g/mol. The number of carbonyl (C=O) groups is 2. The molecule has 0 bridgehead atoms. The molecular weight excluding hydrogens is 408 g/mol. The number of hydrogen-bond donors (Lipinski definition) is 1. The maximum absolute atomic E-state index is 12.6. The van der Waals surface area contributed by atoms with Gasteiger partial charge in [0.2, 0.25) is 17.6 Å². The van der Waals surface area contributed by atoms with Crippen LogP contribution >= 0.6 is 0 Å². The molecule has 2 aromatic carbocycles. The third kappa shape index (κ3) is 5.20. The third-order valence-corrected chi connectivity index (χ3v) is 5.64. The number of methoxy groups -OCH3 is 1. The lowest BCUT2D eigenvalue weighted by Crippen LogP contribution is -2.37. The summed E-state index contributed by atoms with van der Waals surface area (Å²) in [5.74, 6) is 0.709. The number of piperidine rings is 1. The summed E-state index contributed by atoms with van der Waals surface area (Å²) in [7, 11) is 1.34. The van der Waals surface area contributed by atoms with Crippen LogP contribution in [0.2, 0.25) is 0 Å². The summed E-state index contributed by atoms with van der Waals surface area (Å²) in [6.07, 6.45) is 1.51. The molecule has 1 N–H and O–H groups in total. The van der Waals surface area contributed by atoms with E-state index >= 15 is 0 Å². The highest BCUT2D eigenvalue weighted by atomic mass is 16.5. The minimum atomic E-state index is -0.400. The summed E-state index contributed by atoms with van der Waals surface area (Å²) in [6.45, 7) is 4.16. The van der Waals surface area contributed by atoms with Gasteiger partial charge in [0.05, 0.1) is 19.2 Å². The molecule has 1 aromatic heterocycles. The van der Waals surface area contributed by atoms with Crippen LogP contribution in [0.3, 0.4) is 0 Å². The molecule has 1 aliphatic rings. The van der Waals surface area contributed by atoms with Gasteiger partial charge in [0, 0.05) is 17.2 Å². The number of nitrogens with zero attached hydrogens (tertiary/aromatic N) is 3. The Morgan fingerprint density at radius 2 is 1.91 bits per heavy atom. The number of benzene rings is 2. The fourth-order valence-electron chi connectivity index (χ4n) is 3.82. The number of nitrogens with one attached hydrogen (secondary N) is 1. The summed E-state index contributed by atoms with van der Waals surface area (Å²) in [4.78, 5) is 30.9. The van der Waals surface area contributed by atoms with Crippen molar-refractivity contribution in [3.63, 3.8) is 0 Å². The van der Waals surface area contributed by atoms with E-state index in [4.69, 9.17) is 4.52 Å².